The number of Topliss-reactive ketones (excluding diaryl/α,β-unsaturated/α-hetero) is 1. The highest BCUT2D eigenvalue weighted by Gasteiger charge is 2.23. The Morgan fingerprint density at radius 1 is 0.812 bits per heavy atom. The van der Waals surface area contributed by atoms with Gasteiger partial charge in [0, 0.05) is 12.0 Å². The van der Waals surface area contributed by atoms with Gasteiger partial charge in [0.15, 0.2) is 5.78 Å². The van der Waals surface area contributed by atoms with E-state index in [0.29, 0.717) is 6.42 Å². The van der Waals surface area contributed by atoms with E-state index in [0.717, 1.165) is 32.1 Å². The molecule has 1 aromatic rings. The van der Waals surface area contributed by atoms with Crippen LogP contribution in [0.3, 0.4) is 0 Å². The summed E-state index contributed by atoms with van der Waals surface area (Å²) in [5, 5.41) is 9.48. The van der Waals surface area contributed by atoms with E-state index in [1.54, 1.807) is 0 Å². The van der Waals surface area contributed by atoms with Crippen molar-refractivity contribution in [3.8, 4) is 0 Å². The van der Waals surface area contributed by atoms with Gasteiger partial charge >= 0.3 is 11.9 Å². The molecule has 0 spiro atoms. The molecule has 32 heavy (non-hydrogen) atoms. The van der Waals surface area contributed by atoms with Crippen molar-refractivity contribution in [1.82, 2.24) is 0 Å². The highest BCUT2D eigenvalue weighted by molar-refractivity contribution is 6.11. The Bertz CT molecular complexity index is 736. The van der Waals surface area contributed by atoms with Crippen molar-refractivity contribution in [2.75, 3.05) is 7.11 Å². The first-order chi connectivity index (χ1) is 15.5. The predicted molar refractivity (Wildman–Crippen MR) is 129 cm³/mol. The van der Waals surface area contributed by atoms with E-state index in [-0.39, 0.29) is 28.9 Å². The van der Waals surface area contributed by atoms with E-state index in [9.17, 15) is 19.5 Å². The van der Waals surface area contributed by atoms with Crippen molar-refractivity contribution >= 4 is 17.7 Å². The number of benzene rings is 1. The Hall–Kier alpha value is -2.43. The zero-order valence-corrected chi connectivity index (χ0v) is 19.9. The summed E-state index contributed by atoms with van der Waals surface area (Å²) >= 11 is 0. The molecule has 5 heteroatoms. The van der Waals surface area contributed by atoms with Crippen LogP contribution >= 0.6 is 0 Å². The number of unbranched alkanes of at least 4 members (excludes halogenated alkanes) is 11. The third-order valence-corrected chi connectivity index (χ3v) is 5.65. The van der Waals surface area contributed by atoms with Crippen LogP contribution in [0.15, 0.2) is 30.4 Å². The van der Waals surface area contributed by atoms with Crippen molar-refractivity contribution in [2.24, 2.45) is 0 Å². The first-order valence-electron chi connectivity index (χ1n) is 12.2. The Kier molecular flexibility index (Phi) is 14.8. The minimum Gasteiger partial charge on any atom is -0.478 e. The molecule has 1 rings (SSSR count). The number of ketones is 1. The summed E-state index contributed by atoms with van der Waals surface area (Å²) in [6.07, 6.45) is 20.2. The lowest BCUT2D eigenvalue weighted by molar-refractivity contribution is 0.0582. The highest BCUT2D eigenvalue weighted by atomic mass is 16.5. The van der Waals surface area contributed by atoms with Crippen LogP contribution in [0.2, 0.25) is 0 Å². The van der Waals surface area contributed by atoms with E-state index in [2.05, 4.69) is 23.8 Å². The number of carbonyl (C=O) groups excluding carboxylic acids is 2. The van der Waals surface area contributed by atoms with Crippen LogP contribution in [0, 0.1) is 0 Å². The number of carboxylic acid groups (broad SMARTS) is 1. The summed E-state index contributed by atoms with van der Waals surface area (Å²) in [6.45, 7) is 2.24. The highest BCUT2D eigenvalue weighted by Crippen LogP contribution is 2.20. The molecule has 0 atom stereocenters. The fourth-order valence-corrected chi connectivity index (χ4v) is 3.79. The van der Waals surface area contributed by atoms with Gasteiger partial charge in [0.1, 0.15) is 0 Å². The third kappa shape index (κ3) is 10.7. The van der Waals surface area contributed by atoms with E-state index < -0.39 is 11.9 Å². The second kappa shape index (κ2) is 17.2. The summed E-state index contributed by atoms with van der Waals surface area (Å²) in [4.78, 5) is 36.0. The molecule has 0 aliphatic rings. The Morgan fingerprint density at radius 2 is 1.34 bits per heavy atom. The zero-order chi connectivity index (χ0) is 23.6. The van der Waals surface area contributed by atoms with Gasteiger partial charge in [0.05, 0.1) is 18.2 Å². The van der Waals surface area contributed by atoms with Gasteiger partial charge in [-0.3, -0.25) is 4.79 Å². The van der Waals surface area contributed by atoms with Crippen LogP contribution < -0.4 is 0 Å². The van der Waals surface area contributed by atoms with E-state index in [1.165, 1.54) is 70.3 Å². The second-order valence-electron chi connectivity index (χ2n) is 8.28. The molecule has 0 saturated carbocycles. The lowest BCUT2D eigenvalue weighted by Gasteiger charge is -2.09. The molecule has 0 aliphatic carbocycles. The van der Waals surface area contributed by atoms with Gasteiger partial charge in [-0.2, -0.15) is 0 Å². The summed E-state index contributed by atoms with van der Waals surface area (Å²) in [7, 11) is 1.19. The fraction of sp³-hybridized carbons (Fsp3) is 0.593. The quantitative estimate of drug-likeness (QED) is 0.110. The standard InChI is InChI=1S/C27H40O5/c1-3-4-5-6-7-8-9-10-11-12-13-14-15-16-17-21-24(28)22-19-18-20-23(27(31)32-2)25(22)26(29)30/h10-11,18-20H,3-9,12-17,21H2,1-2H3,(H,29,30). The molecule has 0 saturated heterocycles. The van der Waals surface area contributed by atoms with Crippen LogP contribution in [-0.2, 0) is 4.74 Å². The van der Waals surface area contributed by atoms with Crippen molar-refractivity contribution in [1.29, 1.82) is 0 Å². The average molecular weight is 445 g/mol. The summed E-state index contributed by atoms with van der Waals surface area (Å²) in [5.74, 6) is -2.29. The van der Waals surface area contributed by atoms with Gasteiger partial charge in [-0.1, -0.05) is 82.6 Å². The van der Waals surface area contributed by atoms with Crippen LogP contribution in [0.4, 0.5) is 0 Å². The molecule has 0 unspecified atom stereocenters. The van der Waals surface area contributed by atoms with Gasteiger partial charge in [0.25, 0.3) is 0 Å². The molecule has 0 aromatic heterocycles. The number of methoxy groups -OCH3 is 1. The van der Waals surface area contributed by atoms with Crippen LogP contribution in [0.1, 0.15) is 128 Å². The number of ether oxygens (including phenoxy) is 1. The number of hydrogen-bond acceptors (Lipinski definition) is 4. The number of aromatic carboxylic acids is 1. The lowest BCUT2D eigenvalue weighted by Crippen LogP contribution is -2.15. The minimum atomic E-state index is -1.29. The number of hydrogen-bond donors (Lipinski definition) is 1. The number of carboxylic acids is 1. The van der Waals surface area contributed by atoms with Crippen molar-refractivity contribution in [3.05, 3.63) is 47.0 Å². The van der Waals surface area contributed by atoms with E-state index >= 15 is 0 Å². The molecule has 178 valence electrons. The predicted octanol–water partition coefficient (Wildman–Crippen LogP) is 7.39. The zero-order valence-electron chi connectivity index (χ0n) is 19.9. The third-order valence-electron chi connectivity index (χ3n) is 5.65. The second-order valence-corrected chi connectivity index (χ2v) is 8.28. The Morgan fingerprint density at radius 3 is 1.91 bits per heavy atom. The smallest absolute Gasteiger partial charge is 0.338 e. The fourth-order valence-electron chi connectivity index (χ4n) is 3.79. The van der Waals surface area contributed by atoms with Crippen LogP contribution in [0.25, 0.3) is 0 Å². The lowest BCUT2D eigenvalue weighted by atomic mass is 9.95. The first-order valence-corrected chi connectivity index (χ1v) is 12.2. The molecule has 0 heterocycles. The maximum absolute atomic E-state index is 12.5. The minimum absolute atomic E-state index is 0.0795. The van der Waals surface area contributed by atoms with Crippen molar-refractivity contribution in [3.63, 3.8) is 0 Å². The molecular formula is C27H40O5. The Balaban J connectivity index is 2.23. The van der Waals surface area contributed by atoms with Crippen molar-refractivity contribution in [2.45, 2.75) is 96.8 Å². The molecule has 0 amide bonds. The SMILES string of the molecule is CCCCCCCCC=CCCCCCCCC(=O)c1cccc(C(=O)OC)c1C(=O)O. The number of carbonyl (C=O) groups is 3. The molecule has 0 fully saturated rings. The largest absolute Gasteiger partial charge is 0.478 e. The maximum atomic E-state index is 12.5. The van der Waals surface area contributed by atoms with Gasteiger partial charge in [-0.25, -0.2) is 9.59 Å². The molecule has 1 aromatic carbocycles. The molecule has 0 radical (unpaired) electrons. The molecule has 5 nitrogen and oxygen atoms in total. The summed E-state index contributed by atoms with van der Waals surface area (Å²) < 4.78 is 4.63. The molecule has 0 aliphatic heterocycles. The Labute approximate surface area is 193 Å². The average Bonchev–Trinajstić information content (AvgIpc) is 2.80. The van der Waals surface area contributed by atoms with E-state index in [4.69, 9.17) is 0 Å². The molecule has 0 bridgehead atoms. The van der Waals surface area contributed by atoms with E-state index in [1.807, 2.05) is 0 Å². The van der Waals surface area contributed by atoms with Crippen LogP contribution in [0.5, 0.6) is 0 Å². The van der Waals surface area contributed by atoms with Gasteiger partial charge < -0.3 is 9.84 Å². The van der Waals surface area contributed by atoms with Crippen molar-refractivity contribution < 1.29 is 24.2 Å². The number of esters is 1. The summed E-state index contributed by atoms with van der Waals surface area (Å²) in [6, 6.07) is 4.36. The van der Waals surface area contributed by atoms with Gasteiger partial charge in [-0.15, -0.1) is 0 Å². The van der Waals surface area contributed by atoms with Gasteiger partial charge in [0.2, 0.25) is 0 Å². The molecule has 1 N–H and O–H groups in total. The van der Waals surface area contributed by atoms with Crippen LogP contribution in [-0.4, -0.2) is 29.9 Å². The number of allylic oxidation sites excluding steroid dienone is 2. The number of rotatable bonds is 18. The maximum Gasteiger partial charge on any atom is 0.338 e. The summed E-state index contributed by atoms with van der Waals surface area (Å²) in [5.41, 5.74) is -0.275. The first kappa shape index (κ1) is 27.6. The topological polar surface area (TPSA) is 80.7 Å². The molecular weight excluding hydrogens is 404 g/mol. The van der Waals surface area contributed by atoms with Gasteiger partial charge in [-0.05, 0) is 38.2 Å². The normalized spacial score (nSPS) is 11.1. The monoisotopic (exact) mass is 444 g/mol.